The van der Waals surface area contributed by atoms with Crippen molar-refractivity contribution in [1.82, 2.24) is 15.3 Å². The van der Waals surface area contributed by atoms with Crippen molar-refractivity contribution in [3.8, 4) is 0 Å². The molecule has 1 saturated carbocycles. The highest BCUT2D eigenvalue weighted by Gasteiger charge is 2.41. The molecule has 1 N–H and O–H groups in total. The topological polar surface area (TPSA) is 71.1 Å². The van der Waals surface area contributed by atoms with E-state index in [4.69, 9.17) is 9.57 Å². The first kappa shape index (κ1) is 24.8. The summed E-state index contributed by atoms with van der Waals surface area (Å²) in [5, 5.41) is 5.12. The summed E-state index contributed by atoms with van der Waals surface area (Å²) in [6.07, 6.45) is 4.61. The van der Waals surface area contributed by atoms with E-state index in [1.54, 1.807) is 5.06 Å². The highest BCUT2D eigenvalue weighted by Crippen LogP contribution is 2.32. The van der Waals surface area contributed by atoms with Crippen molar-refractivity contribution in [3.63, 3.8) is 0 Å². The van der Waals surface area contributed by atoms with Crippen LogP contribution in [-0.2, 0) is 21.0 Å². The summed E-state index contributed by atoms with van der Waals surface area (Å²) in [4.78, 5) is 32.9. The maximum absolute atomic E-state index is 12.9. The second-order valence-electron chi connectivity index (χ2n) is 10.5. The number of ether oxygens (including phenoxy) is 1. The minimum absolute atomic E-state index is 0.0407. The van der Waals surface area contributed by atoms with Crippen molar-refractivity contribution >= 4 is 12.1 Å². The number of likely N-dealkylation sites (tertiary alicyclic amines) is 1. The Kier molecular flexibility index (Phi) is 8.18. The van der Waals surface area contributed by atoms with Crippen molar-refractivity contribution in [2.24, 2.45) is 17.8 Å². The zero-order valence-corrected chi connectivity index (χ0v) is 20.9. The molecule has 3 aliphatic rings. The van der Waals surface area contributed by atoms with Gasteiger partial charge in [0.05, 0.1) is 6.04 Å². The minimum atomic E-state index is -0.639. The quantitative estimate of drug-likeness (QED) is 0.519. The van der Waals surface area contributed by atoms with Gasteiger partial charge in [0.25, 0.3) is 0 Å². The Morgan fingerprint density at radius 2 is 1.53 bits per heavy atom. The summed E-state index contributed by atoms with van der Waals surface area (Å²) < 4.78 is 5.26. The van der Waals surface area contributed by atoms with Crippen LogP contribution < -0.4 is 5.32 Å². The van der Waals surface area contributed by atoms with Gasteiger partial charge in [-0.1, -0.05) is 73.5 Å². The number of benzene rings is 2. The predicted octanol–water partition coefficient (Wildman–Crippen LogP) is 4.56. The molecule has 2 aliphatic heterocycles. The second kappa shape index (κ2) is 11.9. The van der Waals surface area contributed by atoms with E-state index >= 15 is 0 Å². The van der Waals surface area contributed by atoms with Crippen molar-refractivity contribution in [2.45, 2.75) is 44.8 Å². The molecule has 2 aromatic rings. The maximum Gasteiger partial charge on any atom is 0.528 e. The average molecular weight is 492 g/mol. The Labute approximate surface area is 213 Å². The molecule has 3 fully saturated rings. The summed E-state index contributed by atoms with van der Waals surface area (Å²) in [5.41, 5.74) is 2.12. The van der Waals surface area contributed by atoms with Gasteiger partial charge in [-0.15, -0.1) is 5.06 Å². The van der Waals surface area contributed by atoms with Crippen molar-refractivity contribution in [1.29, 1.82) is 0 Å². The van der Waals surface area contributed by atoms with Gasteiger partial charge in [0, 0.05) is 38.6 Å². The van der Waals surface area contributed by atoms with Crippen LogP contribution in [0.15, 0.2) is 60.7 Å². The van der Waals surface area contributed by atoms with E-state index in [2.05, 4.69) is 22.3 Å². The molecule has 7 heteroatoms. The third-order valence-corrected chi connectivity index (χ3v) is 7.91. The summed E-state index contributed by atoms with van der Waals surface area (Å²) in [5.74, 6) is 1.35. The van der Waals surface area contributed by atoms with Crippen LogP contribution in [0.25, 0.3) is 0 Å². The molecule has 7 nitrogen and oxygen atoms in total. The van der Waals surface area contributed by atoms with Crippen molar-refractivity contribution in [2.75, 3.05) is 32.7 Å². The first-order valence-electron chi connectivity index (χ1n) is 13.4. The number of hydrogen-bond acceptors (Lipinski definition) is 6. The molecule has 192 valence electrons. The number of amides is 1. The van der Waals surface area contributed by atoms with Crippen LogP contribution >= 0.6 is 0 Å². The zero-order valence-electron chi connectivity index (χ0n) is 20.9. The standard InChI is InChI=1S/C29H37N3O4/c33-28(24-13-7-8-14-24)30-27(23-11-5-2-6-12-23)15-16-31-17-25-19-32(20-26(25)18-31)36-29(34)35-21-22-9-3-1-4-10-22/h1-6,9-12,24-27H,7-8,13-21H2,(H,30,33)/t25?,26?,27-/m0/s1. The SMILES string of the molecule is O=C(OCc1ccccc1)ON1CC2CN(CC[C@H](NC(=O)C3CCCC3)c3ccccc3)CC2C1. The Morgan fingerprint density at radius 3 is 2.19 bits per heavy atom. The van der Waals surface area contributed by atoms with Crippen LogP contribution in [0.1, 0.15) is 49.3 Å². The van der Waals surface area contributed by atoms with Crippen LogP contribution in [-0.4, -0.2) is 54.7 Å². The van der Waals surface area contributed by atoms with Crippen LogP contribution in [0.2, 0.25) is 0 Å². The van der Waals surface area contributed by atoms with Gasteiger partial charge in [0.15, 0.2) is 0 Å². The molecule has 2 saturated heterocycles. The maximum atomic E-state index is 12.9. The van der Waals surface area contributed by atoms with Gasteiger partial charge in [-0.25, -0.2) is 4.79 Å². The first-order chi connectivity index (χ1) is 17.6. The number of carbonyl (C=O) groups is 2. The number of nitrogens with one attached hydrogen (secondary N) is 1. The van der Waals surface area contributed by atoms with E-state index < -0.39 is 6.16 Å². The fraction of sp³-hybridized carbons (Fsp3) is 0.517. The fourth-order valence-corrected chi connectivity index (χ4v) is 5.95. The Balaban J connectivity index is 1.07. The molecular weight excluding hydrogens is 454 g/mol. The van der Waals surface area contributed by atoms with Crippen LogP contribution in [0.5, 0.6) is 0 Å². The van der Waals surface area contributed by atoms with Gasteiger partial charge in [0.1, 0.15) is 6.61 Å². The monoisotopic (exact) mass is 491 g/mol. The van der Waals surface area contributed by atoms with Gasteiger partial charge in [-0.2, -0.15) is 0 Å². The summed E-state index contributed by atoms with van der Waals surface area (Å²) in [7, 11) is 0. The van der Waals surface area contributed by atoms with Gasteiger partial charge in [-0.05, 0) is 42.2 Å². The highest BCUT2D eigenvalue weighted by atomic mass is 16.8. The lowest BCUT2D eigenvalue weighted by molar-refractivity contribution is -0.125. The Bertz CT molecular complexity index is 982. The number of hydroxylamine groups is 2. The van der Waals surface area contributed by atoms with E-state index in [9.17, 15) is 9.59 Å². The lowest BCUT2D eigenvalue weighted by Crippen LogP contribution is -2.36. The van der Waals surface area contributed by atoms with Gasteiger partial charge >= 0.3 is 6.16 Å². The van der Waals surface area contributed by atoms with E-state index in [1.807, 2.05) is 48.5 Å². The third kappa shape index (κ3) is 6.45. The predicted molar refractivity (Wildman–Crippen MR) is 137 cm³/mol. The molecule has 1 aliphatic carbocycles. The number of carbonyl (C=O) groups excluding carboxylic acids is 2. The molecule has 2 aromatic carbocycles. The molecule has 3 atom stereocenters. The van der Waals surface area contributed by atoms with Crippen molar-refractivity contribution in [3.05, 3.63) is 71.8 Å². The third-order valence-electron chi connectivity index (χ3n) is 7.91. The van der Waals surface area contributed by atoms with Crippen LogP contribution in [0.3, 0.4) is 0 Å². The molecule has 0 spiro atoms. The number of rotatable bonds is 9. The molecule has 36 heavy (non-hydrogen) atoms. The van der Waals surface area contributed by atoms with Crippen LogP contribution in [0, 0.1) is 17.8 Å². The largest absolute Gasteiger partial charge is 0.528 e. The fourth-order valence-electron chi connectivity index (χ4n) is 5.95. The number of hydrogen-bond donors (Lipinski definition) is 1. The van der Waals surface area contributed by atoms with Gasteiger partial charge in [0.2, 0.25) is 5.91 Å². The molecule has 0 bridgehead atoms. The number of fused-ring (bicyclic) bond motifs is 1. The normalized spacial score (nSPS) is 23.3. The van der Waals surface area contributed by atoms with Crippen LogP contribution in [0.4, 0.5) is 4.79 Å². The Morgan fingerprint density at radius 1 is 0.889 bits per heavy atom. The second-order valence-corrected chi connectivity index (χ2v) is 10.5. The van der Waals surface area contributed by atoms with E-state index in [0.717, 1.165) is 70.4 Å². The molecule has 2 heterocycles. The molecule has 0 aromatic heterocycles. The van der Waals surface area contributed by atoms with E-state index in [0.29, 0.717) is 11.8 Å². The van der Waals surface area contributed by atoms with Gasteiger partial charge in [-0.3, -0.25) is 4.79 Å². The average Bonchev–Trinajstić information content (AvgIpc) is 3.64. The lowest BCUT2D eigenvalue weighted by atomic mass is 10.0. The van der Waals surface area contributed by atoms with E-state index in [-0.39, 0.29) is 24.5 Å². The lowest BCUT2D eigenvalue weighted by Gasteiger charge is -2.25. The molecule has 5 rings (SSSR count). The smallest absolute Gasteiger partial charge is 0.428 e. The summed E-state index contributed by atoms with van der Waals surface area (Å²) in [6.45, 7) is 4.61. The van der Waals surface area contributed by atoms with E-state index in [1.165, 1.54) is 5.56 Å². The summed E-state index contributed by atoms with van der Waals surface area (Å²) in [6, 6.07) is 20.0. The molecule has 2 unspecified atom stereocenters. The molecule has 1 amide bonds. The first-order valence-corrected chi connectivity index (χ1v) is 13.4. The number of nitrogens with zero attached hydrogens (tertiary/aromatic N) is 2. The highest BCUT2D eigenvalue weighted by molar-refractivity contribution is 5.79. The molecule has 0 radical (unpaired) electrons. The zero-order chi connectivity index (χ0) is 24.7. The molecular formula is C29H37N3O4. The summed E-state index contributed by atoms with van der Waals surface area (Å²) >= 11 is 0. The van der Waals surface area contributed by atoms with Crippen molar-refractivity contribution < 1.29 is 19.2 Å². The van der Waals surface area contributed by atoms with Gasteiger partial charge < -0.3 is 19.8 Å². The minimum Gasteiger partial charge on any atom is -0.428 e. The Hall–Kier alpha value is -2.90.